The van der Waals surface area contributed by atoms with Gasteiger partial charge in [-0.3, -0.25) is 4.79 Å². The summed E-state index contributed by atoms with van der Waals surface area (Å²) in [6.45, 7) is 5.35. The summed E-state index contributed by atoms with van der Waals surface area (Å²) in [5.74, 6) is -0.735. The number of nitriles is 1. The van der Waals surface area contributed by atoms with E-state index in [9.17, 15) is 14.9 Å². The largest absolute Gasteiger partial charge is 0.497 e. The van der Waals surface area contributed by atoms with Gasteiger partial charge in [-0.05, 0) is 48.9 Å². The number of nitrogens with zero attached hydrogens (tertiary/aromatic N) is 1. The number of dihydropyridines is 1. The predicted octanol–water partition coefficient (Wildman–Crippen LogP) is 5.15. The number of esters is 1. The Kier molecular flexibility index (Phi) is 9.01. The molecule has 0 fully saturated rings. The summed E-state index contributed by atoms with van der Waals surface area (Å²) in [4.78, 5) is 25.5. The Bertz CT molecular complexity index is 1210. The monoisotopic (exact) mass is 509 g/mol. The van der Waals surface area contributed by atoms with Gasteiger partial charge >= 0.3 is 5.97 Å². The van der Waals surface area contributed by atoms with Gasteiger partial charge < -0.3 is 20.1 Å². The van der Waals surface area contributed by atoms with Crippen molar-refractivity contribution in [3.8, 4) is 11.8 Å². The van der Waals surface area contributed by atoms with Crippen molar-refractivity contribution < 1.29 is 19.1 Å². The maximum absolute atomic E-state index is 12.9. The maximum atomic E-state index is 12.9. The van der Waals surface area contributed by atoms with Gasteiger partial charge in [-0.25, -0.2) is 4.79 Å². The average molecular weight is 510 g/mol. The molecular weight excluding hydrogens is 486 g/mol. The molecule has 1 atom stereocenters. The maximum Gasteiger partial charge on any atom is 0.337 e. The topological polar surface area (TPSA) is 100 Å². The van der Waals surface area contributed by atoms with Crippen LogP contribution in [0.3, 0.4) is 0 Å². The summed E-state index contributed by atoms with van der Waals surface area (Å²) in [5, 5.41) is 17.0. The normalized spacial score (nSPS) is 15.1. The number of carbonyl (C=O) groups is 2. The Labute approximate surface area is 213 Å². The molecule has 3 rings (SSSR count). The number of ether oxygens (including phenoxy) is 2. The van der Waals surface area contributed by atoms with Crippen molar-refractivity contribution in [2.24, 2.45) is 0 Å². The number of benzene rings is 2. The van der Waals surface area contributed by atoms with Crippen LogP contribution in [0.4, 0.5) is 5.69 Å². The van der Waals surface area contributed by atoms with Crippen LogP contribution in [0.5, 0.6) is 5.75 Å². The molecule has 1 amide bonds. The zero-order valence-corrected chi connectivity index (χ0v) is 20.8. The second kappa shape index (κ2) is 12.2. The van der Waals surface area contributed by atoms with E-state index in [1.807, 2.05) is 0 Å². The quantitative estimate of drug-likeness (QED) is 0.356. The minimum Gasteiger partial charge on any atom is -0.497 e. The van der Waals surface area contributed by atoms with Crippen LogP contribution >= 0.6 is 23.4 Å². The summed E-state index contributed by atoms with van der Waals surface area (Å²) in [6, 6.07) is 16.1. The van der Waals surface area contributed by atoms with Crippen molar-refractivity contribution in [1.29, 1.82) is 5.26 Å². The minimum absolute atomic E-state index is 0.0433. The van der Waals surface area contributed by atoms with E-state index in [-0.39, 0.29) is 18.3 Å². The number of methoxy groups -OCH3 is 1. The van der Waals surface area contributed by atoms with Crippen LogP contribution in [0.2, 0.25) is 5.02 Å². The first-order valence-electron chi connectivity index (χ1n) is 10.6. The molecule has 0 bridgehead atoms. The van der Waals surface area contributed by atoms with Gasteiger partial charge in [0, 0.05) is 16.4 Å². The van der Waals surface area contributed by atoms with Crippen molar-refractivity contribution in [2.45, 2.75) is 12.8 Å². The molecule has 0 saturated heterocycles. The average Bonchev–Trinajstić information content (AvgIpc) is 2.86. The number of anilines is 1. The third-order valence-corrected chi connectivity index (χ3v) is 6.39. The Morgan fingerprint density at radius 1 is 1.23 bits per heavy atom. The number of hydrogen-bond donors (Lipinski definition) is 2. The first-order chi connectivity index (χ1) is 16.9. The van der Waals surface area contributed by atoms with Crippen LogP contribution < -0.4 is 15.4 Å². The van der Waals surface area contributed by atoms with Gasteiger partial charge in [-0.1, -0.05) is 48.2 Å². The summed E-state index contributed by atoms with van der Waals surface area (Å²) >= 11 is 7.24. The third kappa shape index (κ3) is 6.47. The van der Waals surface area contributed by atoms with E-state index in [4.69, 9.17) is 21.1 Å². The van der Waals surface area contributed by atoms with E-state index in [1.54, 1.807) is 62.6 Å². The van der Waals surface area contributed by atoms with Crippen LogP contribution in [0.1, 0.15) is 18.4 Å². The van der Waals surface area contributed by atoms with Crippen molar-refractivity contribution in [2.75, 3.05) is 24.8 Å². The van der Waals surface area contributed by atoms with Crippen molar-refractivity contribution >= 4 is 40.9 Å². The number of thioether (sulfide) groups is 1. The lowest BCUT2D eigenvalue weighted by Crippen LogP contribution is -2.29. The molecule has 2 N–H and O–H groups in total. The highest BCUT2D eigenvalue weighted by Gasteiger charge is 2.35. The lowest BCUT2D eigenvalue weighted by atomic mass is 9.82. The van der Waals surface area contributed by atoms with Crippen LogP contribution in [0.25, 0.3) is 0 Å². The first kappa shape index (κ1) is 25.9. The lowest BCUT2D eigenvalue weighted by molar-refractivity contribution is -0.138. The Hall–Kier alpha value is -3.67. The number of carbonyl (C=O) groups excluding carboxylic acids is 2. The number of halogens is 1. The molecule has 9 heteroatoms. The van der Waals surface area contributed by atoms with Gasteiger partial charge in [0.15, 0.2) is 0 Å². The molecule has 2 aromatic rings. The standard InChI is InChI=1S/C26H24ClN3O4S/c1-4-13-34-26(32)23-16(2)29-25(21(14-28)24(23)17-5-7-18(27)8-6-17)35-15-22(31)30-19-9-11-20(33-3)12-10-19/h4-12,24,29H,1,13,15H2,2-3H3,(H,30,31)/t24-/m0/s1. The highest BCUT2D eigenvalue weighted by Crippen LogP contribution is 2.41. The Balaban J connectivity index is 1.86. The SMILES string of the molecule is C=CCOC(=O)C1=C(C)NC(SCC(=O)Nc2ccc(OC)cc2)=C(C#N)[C@@H]1c1ccc(Cl)cc1. The van der Waals surface area contributed by atoms with Gasteiger partial charge in [0.1, 0.15) is 12.4 Å². The number of nitrogens with one attached hydrogen (secondary N) is 2. The predicted molar refractivity (Wildman–Crippen MR) is 138 cm³/mol. The lowest BCUT2D eigenvalue weighted by Gasteiger charge is -2.29. The van der Waals surface area contributed by atoms with Crippen molar-refractivity contribution in [3.05, 3.63) is 93.6 Å². The summed E-state index contributed by atoms with van der Waals surface area (Å²) in [6.07, 6.45) is 1.48. The van der Waals surface area contributed by atoms with Crippen LogP contribution in [0, 0.1) is 11.3 Å². The fourth-order valence-electron chi connectivity index (χ4n) is 3.51. The molecule has 2 aromatic carbocycles. The first-order valence-corrected chi connectivity index (χ1v) is 12.0. The van der Waals surface area contributed by atoms with Crippen molar-refractivity contribution in [1.82, 2.24) is 5.32 Å². The molecular formula is C26H24ClN3O4S. The second-order valence-corrected chi connectivity index (χ2v) is 8.88. The summed E-state index contributed by atoms with van der Waals surface area (Å²) < 4.78 is 10.4. The molecule has 1 aliphatic rings. The van der Waals surface area contributed by atoms with E-state index in [0.717, 1.165) is 0 Å². The van der Waals surface area contributed by atoms with Crippen LogP contribution in [-0.2, 0) is 14.3 Å². The fourth-order valence-corrected chi connectivity index (χ4v) is 4.52. The van der Waals surface area contributed by atoms with Gasteiger partial charge in [0.05, 0.1) is 41.0 Å². The molecule has 0 aromatic heterocycles. The Morgan fingerprint density at radius 2 is 1.91 bits per heavy atom. The van der Waals surface area contributed by atoms with E-state index >= 15 is 0 Å². The Morgan fingerprint density at radius 3 is 2.51 bits per heavy atom. The summed E-state index contributed by atoms with van der Waals surface area (Å²) in [5.41, 5.74) is 2.50. The van der Waals surface area contributed by atoms with Crippen molar-refractivity contribution in [3.63, 3.8) is 0 Å². The highest BCUT2D eigenvalue weighted by atomic mass is 35.5. The third-order valence-electron chi connectivity index (χ3n) is 5.12. The molecule has 1 aliphatic heterocycles. The molecule has 0 unspecified atom stereocenters. The molecule has 0 saturated carbocycles. The number of amides is 1. The summed E-state index contributed by atoms with van der Waals surface area (Å²) in [7, 11) is 1.57. The second-order valence-electron chi connectivity index (χ2n) is 7.46. The van der Waals surface area contributed by atoms with Gasteiger partial charge in [-0.2, -0.15) is 5.26 Å². The number of allylic oxidation sites excluding steroid dienone is 2. The van der Waals surface area contributed by atoms with Gasteiger partial charge in [0.25, 0.3) is 0 Å². The zero-order valence-electron chi connectivity index (χ0n) is 19.3. The smallest absolute Gasteiger partial charge is 0.337 e. The fraction of sp³-hybridized carbons (Fsp3) is 0.192. The number of hydrogen-bond acceptors (Lipinski definition) is 7. The zero-order chi connectivity index (χ0) is 25.4. The van der Waals surface area contributed by atoms with Gasteiger partial charge in [0.2, 0.25) is 5.91 Å². The van der Waals surface area contributed by atoms with Crippen LogP contribution in [-0.4, -0.2) is 31.3 Å². The van der Waals surface area contributed by atoms with E-state index in [0.29, 0.717) is 43.9 Å². The van der Waals surface area contributed by atoms with E-state index in [1.165, 1.54) is 17.8 Å². The molecule has 0 aliphatic carbocycles. The molecule has 35 heavy (non-hydrogen) atoms. The molecule has 1 heterocycles. The van der Waals surface area contributed by atoms with E-state index in [2.05, 4.69) is 23.3 Å². The molecule has 0 radical (unpaired) electrons. The van der Waals surface area contributed by atoms with E-state index < -0.39 is 11.9 Å². The van der Waals surface area contributed by atoms with Crippen LogP contribution in [0.15, 0.2) is 83.1 Å². The minimum atomic E-state index is -0.678. The number of rotatable bonds is 9. The molecule has 0 spiro atoms. The van der Waals surface area contributed by atoms with Gasteiger partial charge in [-0.15, -0.1) is 0 Å². The molecule has 7 nitrogen and oxygen atoms in total. The highest BCUT2D eigenvalue weighted by molar-refractivity contribution is 8.03. The molecule has 180 valence electrons.